The van der Waals surface area contributed by atoms with E-state index < -0.39 is 26.5 Å². The zero-order valence-electron chi connectivity index (χ0n) is 31.7. The number of allylic oxidation sites excluding steroid dienone is 2. The third-order valence-corrected chi connectivity index (χ3v) is 9.64. The van der Waals surface area contributed by atoms with E-state index in [0.717, 1.165) is 44.9 Å². The fraction of sp³-hybridized carbons (Fsp3) is 0.897. The van der Waals surface area contributed by atoms with Gasteiger partial charge in [0.05, 0.1) is 13.2 Å². The fourth-order valence-corrected chi connectivity index (χ4v) is 6.39. The van der Waals surface area contributed by atoms with Crippen molar-refractivity contribution in [2.24, 2.45) is 5.73 Å². The van der Waals surface area contributed by atoms with Crippen LogP contribution in [0.2, 0.25) is 0 Å². The van der Waals surface area contributed by atoms with Crippen molar-refractivity contribution < 1.29 is 37.6 Å². The van der Waals surface area contributed by atoms with Crippen molar-refractivity contribution in [3.8, 4) is 0 Å². The van der Waals surface area contributed by atoms with Crippen LogP contribution in [0, 0.1) is 0 Å². The summed E-state index contributed by atoms with van der Waals surface area (Å²) in [5.41, 5.74) is 5.33. The molecule has 9 nitrogen and oxygen atoms in total. The lowest BCUT2D eigenvalue weighted by Gasteiger charge is -2.19. The quantitative estimate of drug-likeness (QED) is 0.0277. The lowest BCUT2D eigenvalue weighted by molar-refractivity contribution is -0.161. The lowest BCUT2D eigenvalue weighted by Crippen LogP contribution is -2.29. The van der Waals surface area contributed by atoms with Gasteiger partial charge in [-0.3, -0.25) is 18.6 Å². The molecule has 0 aromatic rings. The minimum atomic E-state index is -4.36. The van der Waals surface area contributed by atoms with Crippen LogP contribution in [0.3, 0.4) is 0 Å². The van der Waals surface area contributed by atoms with Crippen molar-refractivity contribution in [1.29, 1.82) is 0 Å². The Bertz CT molecular complexity index is 825. The number of phosphoric acid groups is 1. The molecule has 0 fully saturated rings. The van der Waals surface area contributed by atoms with Crippen LogP contribution in [0.15, 0.2) is 12.2 Å². The molecule has 0 aliphatic rings. The zero-order valence-corrected chi connectivity index (χ0v) is 32.6. The van der Waals surface area contributed by atoms with E-state index in [1.54, 1.807) is 0 Å². The third-order valence-electron chi connectivity index (χ3n) is 8.65. The van der Waals surface area contributed by atoms with Crippen LogP contribution >= 0.6 is 7.82 Å². The van der Waals surface area contributed by atoms with Crippen LogP contribution in [-0.2, 0) is 32.7 Å². The molecule has 3 N–H and O–H groups in total. The predicted octanol–water partition coefficient (Wildman–Crippen LogP) is 11.1. The number of ether oxygens (including phenoxy) is 2. The van der Waals surface area contributed by atoms with Gasteiger partial charge in [0.2, 0.25) is 0 Å². The van der Waals surface area contributed by atoms with Crippen LogP contribution in [0.25, 0.3) is 0 Å². The summed E-state index contributed by atoms with van der Waals surface area (Å²) in [7, 11) is -4.36. The Morgan fingerprint density at radius 3 is 1.45 bits per heavy atom. The smallest absolute Gasteiger partial charge is 0.462 e. The van der Waals surface area contributed by atoms with Gasteiger partial charge in [-0.2, -0.15) is 0 Å². The Morgan fingerprint density at radius 1 is 0.592 bits per heavy atom. The van der Waals surface area contributed by atoms with Crippen LogP contribution < -0.4 is 5.73 Å². The summed E-state index contributed by atoms with van der Waals surface area (Å²) < 4.78 is 32.6. The molecule has 0 aromatic heterocycles. The van der Waals surface area contributed by atoms with E-state index in [0.29, 0.717) is 6.42 Å². The Labute approximate surface area is 300 Å². The summed E-state index contributed by atoms with van der Waals surface area (Å²) in [6, 6.07) is 0. The number of nitrogens with two attached hydrogens (primary N) is 1. The molecular weight excluding hydrogens is 641 g/mol. The Balaban J connectivity index is 4.11. The van der Waals surface area contributed by atoms with Crippen molar-refractivity contribution in [3.63, 3.8) is 0 Å². The molecule has 0 bridgehead atoms. The van der Waals surface area contributed by atoms with Gasteiger partial charge in [0.15, 0.2) is 6.10 Å². The van der Waals surface area contributed by atoms with Gasteiger partial charge in [0.25, 0.3) is 0 Å². The number of hydrogen-bond donors (Lipinski definition) is 2. The highest BCUT2D eigenvalue weighted by Gasteiger charge is 2.26. The first kappa shape index (κ1) is 47.8. The molecule has 0 spiro atoms. The van der Waals surface area contributed by atoms with Gasteiger partial charge in [0.1, 0.15) is 6.61 Å². The number of rotatable bonds is 38. The zero-order chi connectivity index (χ0) is 36.1. The van der Waals surface area contributed by atoms with Crippen LogP contribution in [0.1, 0.15) is 194 Å². The van der Waals surface area contributed by atoms with E-state index in [4.69, 9.17) is 24.3 Å². The third kappa shape index (κ3) is 36.3. The van der Waals surface area contributed by atoms with E-state index >= 15 is 0 Å². The summed E-state index contributed by atoms with van der Waals surface area (Å²) in [6.07, 6.45) is 35.3. The van der Waals surface area contributed by atoms with Gasteiger partial charge in [-0.05, 0) is 38.5 Å². The Kier molecular flexibility index (Phi) is 35.6. The van der Waals surface area contributed by atoms with Gasteiger partial charge in [-0.25, -0.2) is 4.57 Å². The average molecular weight is 718 g/mol. The standard InChI is InChI=1S/C39H76NO8P/c1-3-5-7-9-11-13-14-15-16-17-18-19-20-21-22-24-26-28-30-32-39(42)48-37(36-47-49(43,44)46-34-33-40)35-45-38(41)31-29-27-25-23-12-10-8-6-4-2/h17-18,37H,3-16,19-36,40H2,1-2H3,(H,43,44)/b18-17-/t37-/m1/s1. The highest BCUT2D eigenvalue weighted by Crippen LogP contribution is 2.43. The second-order valence-electron chi connectivity index (χ2n) is 13.5. The molecule has 0 aliphatic carbocycles. The molecular formula is C39H76NO8P. The SMILES string of the molecule is CCCCCCCCCC/C=C\CCCCCCCCCC(=O)O[C@H](COC(=O)CCCCCCCCCCC)COP(=O)(O)OCCN. The van der Waals surface area contributed by atoms with E-state index in [2.05, 4.69) is 26.0 Å². The lowest BCUT2D eigenvalue weighted by atomic mass is 10.1. The summed E-state index contributed by atoms with van der Waals surface area (Å²) in [5, 5.41) is 0. The second-order valence-corrected chi connectivity index (χ2v) is 15.0. The van der Waals surface area contributed by atoms with Crippen molar-refractivity contribution in [3.05, 3.63) is 12.2 Å². The summed E-state index contributed by atoms with van der Waals surface area (Å²) in [6.45, 7) is 3.71. The molecule has 1 unspecified atom stereocenters. The first-order valence-electron chi connectivity index (χ1n) is 20.2. The molecule has 0 radical (unpaired) electrons. The van der Waals surface area contributed by atoms with Gasteiger partial charge in [-0.1, -0.05) is 154 Å². The van der Waals surface area contributed by atoms with E-state index in [1.165, 1.54) is 116 Å². The number of unbranched alkanes of at least 4 members (excludes halogenated alkanes) is 23. The van der Waals surface area contributed by atoms with Crippen molar-refractivity contribution in [2.45, 2.75) is 200 Å². The highest BCUT2D eigenvalue weighted by atomic mass is 31.2. The molecule has 0 aromatic carbocycles. The molecule has 0 heterocycles. The maximum atomic E-state index is 12.5. The van der Waals surface area contributed by atoms with Gasteiger partial charge < -0.3 is 20.1 Å². The van der Waals surface area contributed by atoms with Crippen LogP contribution in [0.4, 0.5) is 0 Å². The maximum absolute atomic E-state index is 12.5. The second kappa shape index (κ2) is 36.5. The average Bonchev–Trinajstić information content (AvgIpc) is 3.08. The fourth-order valence-electron chi connectivity index (χ4n) is 5.63. The van der Waals surface area contributed by atoms with Crippen LogP contribution in [-0.4, -0.2) is 49.3 Å². The van der Waals surface area contributed by atoms with E-state index in [-0.39, 0.29) is 38.6 Å². The number of phosphoric ester groups is 1. The molecule has 2 atom stereocenters. The summed E-state index contributed by atoms with van der Waals surface area (Å²) in [5.74, 6) is -0.830. The van der Waals surface area contributed by atoms with Gasteiger partial charge in [0, 0.05) is 19.4 Å². The topological polar surface area (TPSA) is 134 Å². The largest absolute Gasteiger partial charge is 0.472 e. The Morgan fingerprint density at radius 2 is 1.00 bits per heavy atom. The molecule has 49 heavy (non-hydrogen) atoms. The normalized spacial score (nSPS) is 13.5. The Hall–Kier alpha value is -1.25. The minimum absolute atomic E-state index is 0.0551. The van der Waals surface area contributed by atoms with Crippen LogP contribution in [0.5, 0.6) is 0 Å². The molecule has 10 heteroatoms. The molecule has 0 aliphatic heterocycles. The molecule has 0 saturated carbocycles. The van der Waals surface area contributed by atoms with Gasteiger partial charge in [-0.15, -0.1) is 0 Å². The number of hydrogen-bond acceptors (Lipinski definition) is 8. The molecule has 0 rings (SSSR count). The van der Waals surface area contributed by atoms with Gasteiger partial charge >= 0.3 is 19.8 Å². The summed E-state index contributed by atoms with van der Waals surface area (Å²) in [4.78, 5) is 34.7. The summed E-state index contributed by atoms with van der Waals surface area (Å²) >= 11 is 0. The van der Waals surface area contributed by atoms with Crippen molar-refractivity contribution in [2.75, 3.05) is 26.4 Å². The number of esters is 2. The van der Waals surface area contributed by atoms with Crippen molar-refractivity contribution in [1.82, 2.24) is 0 Å². The van der Waals surface area contributed by atoms with Crippen molar-refractivity contribution >= 4 is 19.8 Å². The molecule has 0 amide bonds. The predicted molar refractivity (Wildman–Crippen MR) is 201 cm³/mol. The number of carbonyl (C=O) groups is 2. The minimum Gasteiger partial charge on any atom is -0.462 e. The first-order valence-corrected chi connectivity index (χ1v) is 21.7. The maximum Gasteiger partial charge on any atom is 0.472 e. The highest BCUT2D eigenvalue weighted by molar-refractivity contribution is 7.47. The molecule has 290 valence electrons. The van der Waals surface area contributed by atoms with E-state index in [9.17, 15) is 19.0 Å². The number of carbonyl (C=O) groups excluding carboxylic acids is 2. The molecule has 0 saturated heterocycles. The monoisotopic (exact) mass is 718 g/mol. The first-order chi connectivity index (χ1) is 23.8. The van der Waals surface area contributed by atoms with E-state index in [1.807, 2.05) is 0 Å².